The van der Waals surface area contributed by atoms with Crippen molar-refractivity contribution < 1.29 is 0 Å². The summed E-state index contributed by atoms with van der Waals surface area (Å²) in [6, 6.07) is 61.8. The van der Waals surface area contributed by atoms with E-state index in [2.05, 4.69) is 84.9 Å². The summed E-state index contributed by atoms with van der Waals surface area (Å²) < 4.78 is 2.26. The van der Waals surface area contributed by atoms with Crippen LogP contribution in [-0.2, 0) is 0 Å². The first-order valence-electron chi connectivity index (χ1n) is 18.0. The number of benzene rings is 7. The maximum absolute atomic E-state index is 5.15. The molecule has 0 unspecified atom stereocenters. The van der Waals surface area contributed by atoms with E-state index in [1.807, 2.05) is 97.1 Å². The van der Waals surface area contributed by atoms with Crippen LogP contribution in [0.2, 0.25) is 0 Å². The molecule has 258 valence electrons. The van der Waals surface area contributed by atoms with Crippen molar-refractivity contribution in [2.45, 2.75) is 0 Å². The van der Waals surface area contributed by atoms with E-state index in [1.165, 1.54) is 0 Å². The van der Waals surface area contributed by atoms with Gasteiger partial charge in [0.15, 0.2) is 34.9 Å². The molecule has 0 bridgehead atoms. The van der Waals surface area contributed by atoms with Gasteiger partial charge in [-0.3, -0.25) is 0 Å². The quantitative estimate of drug-likeness (QED) is 0.163. The molecule has 0 saturated heterocycles. The molecule has 10 aromatic rings. The lowest BCUT2D eigenvalue weighted by Crippen LogP contribution is -2.00. The van der Waals surface area contributed by atoms with Gasteiger partial charge in [0, 0.05) is 53.6 Å². The van der Waals surface area contributed by atoms with Gasteiger partial charge < -0.3 is 0 Å². The average Bonchev–Trinajstić information content (AvgIpc) is 3.66. The van der Waals surface area contributed by atoms with Crippen molar-refractivity contribution >= 4 is 31.5 Å². The molecule has 0 saturated carbocycles. The SMILES string of the molecule is c1ccc(-c2cccc(-c3nc(-c4ccccc4)nc(-c4cccc5c4sc4ccc(-c6nc(-c7ccccc7)nc(-c7ccccc7)n6)cc45)n3)c2)cc1. The van der Waals surface area contributed by atoms with E-state index in [0.717, 1.165) is 64.7 Å². The van der Waals surface area contributed by atoms with Gasteiger partial charge in [-0.25, -0.2) is 29.9 Å². The Balaban J connectivity index is 1.12. The van der Waals surface area contributed by atoms with Crippen molar-refractivity contribution in [3.63, 3.8) is 0 Å². The molecule has 0 aliphatic carbocycles. The summed E-state index contributed by atoms with van der Waals surface area (Å²) in [5.74, 6) is 3.78. The number of rotatable bonds is 7. The Labute approximate surface area is 321 Å². The Hall–Kier alpha value is -7.22. The van der Waals surface area contributed by atoms with Crippen LogP contribution in [0.25, 0.3) is 99.6 Å². The Bertz CT molecular complexity index is 2910. The third-order valence-electron chi connectivity index (χ3n) is 9.59. The number of nitrogens with zero attached hydrogens (tertiary/aromatic N) is 6. The van der Waals surface area contributed by atoms with Crippen LogP contribution >= 0.6 is 11.3 Å². The average molecular weight is 723 g/mol. The fourth-order valence-electron chi connectivity index (χ4n) is 6.86. The standard InChI is InChI=1S/C48H30N6S/c1-5-15-31(16-6-1)35-23-13-24-36(29-35)46-52-45(34-21-11-4-12-22-34)53-48(54-46)39-26-14-25-38-40-30-37(27-28-41(40)55-42(38)39)47-50-43(32-17-7-2-8-18-32)49-44(51-47)33-19-9-3-10-20-33/h1-30H. The van der Waals surface area contributed by atoms with Gasteiger partial charge in [0.25, 0.3) is 0 Å². The molecule has 10 rings (SSSR count). The summed E-state index contributed by atoms with van der Waals surface area (Å²) in [6.07, 6.45) is 0. The molecule has 7 aromatic carbocycles. The van der Waals surface area contributed by atoms with Crippen molar-refractivity contribution in [2.24, 2.45) is 0 Å². The summed E-state index contributed by atoms with van der Waals surface area (Å²) >= 11 is 1.74. The summed E-state index contributed by atoms with van der Waals surface area (Å²) in [5.41, 5.74) is 7.86. The van der Waals surface area contributed by atoms with Gasteiger partial charge in [0.05, 0.1) is 0 Å². The van der Waals surface area contributed by atoms with Crippen LogP contribution in [0.1, 0.15) is 0 Å². The van der Waals surface area contributed by atoms with Gasteiger partial charge in [-0.2, -0.15) is 0 Å². The van der Waals surface area contributed by atoms with Gasteiger partial charge in [0.2, 0.25) is 0 Å². The van der Waals surface area contributed by atoms with Crippen LogP contribution in [0.4, 0.5) is 0 Å². The summed E-state index contributed by atoms with van der Waals surface area (Å²) in [6.45, 7) is 0. The zero-order valence-corrected chi connectivity index (χ0v) is 30.2. The van der Waals surface area contributed by atoms with Crippen molar-refractivity contribution in [3.8, 4) is 79.5 Å². The molecule has 6 nitrogen and oxygen atoms in total. The minimum absolute atomic E-state index is 0.623. The van der Waals surface area contributed by atoms with Crippen LogP contribution in [0.15, 0.2) is 182 Å². The van der Waals surface area contributed by atoms with Gasteiger partial charge in [-0.15, -0.1) is 11.3 Å². The number of thiophene rings is 1. The van der Waals surface area contributed by atoms with Crippen molar-refractivity contribution in [1.29, 1.82) is 0 Å². The van der Waals surface area contributed by atoms with E-state index in [9.17, 15) is 0 Å². The lowest BCUT2D eigenvalue weighted by Gasteiger charge is -2.10. The maximum atomic E-state index is 5.15. The molecule has 7 heteroatoms. The van der Waals surface area contributed by atoms with E-state index >= 15 is 0 Å². The minimum Gasteiger partial charge on any atom is -0.208 e. The summed E-state index contributed by atoms with van der Waals surface area (Å²) in [4.78, 5) is 30.1. The molecular weight excluding hydrogens is 693 g/mol. The second kappa shape index (κ2) is 14.0. The van der Waals surface area contributed by atoms with Gasteiger partial charge in [-0.05, 0) is 41.5 Å². The van der Waals surface area contributed by atoms with Crippen LogP contribution in [-0.4, -0.2) is 29.9 Å². The van der Waals surface area contributed by atoms with E-state index < -0.39 is 0 Å². The van der Waals surface area contributed by atoms with Gasteiger partial charge >= 0.3 is 0 Å². The van der Waals surface area contributed by atoms with Crippen LogP contribution < -0.4 is 0 Å². The maximum Gasteiger partial charge on any atom is 0.165 e. The van der Waals surface area contributed by atoms with Crippen molar-refractivity contribution in [1.82, 2.24) is 29.9 Å². The van der Waals surface area contributed by atoms with E-state index in [-0.39, 0.29) is 0 Å². The smallest absolute Gasteiger partial charge is 0.165 e. The number of fused-ring (bicyclic) bond motifs is 3. The molecule has 0 atom stereocenters. The largest absolute Gasteiger partial charge is 0.208 e. The summed E-state index contributed by atoms with van der Waals surface area (Å²) in [5, 5.41) is 2.24. The first-order chi connectivity index (χ1) is 27.2. The van der Waals surface area contributed by atoms with Gasteiger partial charge in [0.1, 0.15) is 0 Å². The normalized spacial score (nSPS) is 11.3. The highest BCUT2D eigenvalue weighted by atomic mass is 32.1. The Kier molecular flexibility index (Phi) is 8.24. The second-order valence-corrected chi connectivity index (χ2v) is 14.2. The van der Waals surface area contributed by atoms with E-state index in [1.54, 1.807) is 11.3 Å². The zero-order chi connectivity index (χ0) is 36.6. The highest BCUT2D eigenvalue weighted by molar-refractivity contribution is 7.26. The Morgan fingerprint density at radius 1 is 0.273 bits per heavy atom. The molecule has 55 heavy (non-hydrogen) atoms. The molecule has 0 N–H and O–H groups in total. The minimum atomic E-state index is 0.623. The second-order valence-electron chi connectivity index (χ2n) is 13.2. The molecule has 3 aromatic heterocycles. The van der Waals surface area contributed by atoms with E-state index in [4.69, 9.17) is 29.9 Å². The molecule has 0 spiro atoms. The topological polar surface area (TPSA) is 77.3 Å². The fraction of sp³-hybridized carbons (Fsp3) is 0. The van der Waals surface area contributed by atoms with Crippen molar-refractivity contribution in [3.05, 3.63) is 182 Å². The molecule has 0 aliphatic rings. The van der Waals surface area contributed by atoms with Crippen LogP contribution in [0, 0.1) is 0 Å². The third-order valence-corrected chi connectivity index (χ3v) is 10.8. The lowest BCUT2D eigenvalue weighted by atomic mass is 10.0. The Morgan fingerprint density at radius 2 is 0.691 bits per heavy atom. The highest BCUT2D eigenvalue weighted by Gasteiger charge is 2.18. The molecule has 0 amide bonds. The zero-order valence-electron chi connectivity index (χ0n) is 29.4. The molecular formula is C48H30N6S. The lowest BCUT2D eigenvalue weighted by molar-refractivity contribution is 1.07. The van der Waals surface area contributed by atoms with Gasteiger partial charge in [-0.1, -0.05) is 152 Å². The predicted molar refractivity (Wildman–Crippen MR) is 224 cm³/mol. The number of aromatic nitrogens is 6. The number of hydrogen-bond acceptors (Lipinski definition) is 7. The highest BCUT2D eigenvalue weighted by Crippen LogP contribution is 2.41. The van der Waals surface area contributed by atoms with E-state index in [0.29, 0.717) is 34.9 Å². The molecule has 0 radical (unpaired) electrons. The first-order valence-corrected chi connectivity index (χ1v) is 18.9. The molecule has 0 fully saturated rings. The first kappa shape index (κ1) is 32.4. The Morgan fingerprint density at radius 3 is 1.24 bits per heavy atom. The molecule has 0 aliphatic heterocycles. The summed E-state index contributed by atoms with van der Waals surface area (Å²) in [7, 11) is 0. The van der Waals surface area contributed by atoms with Crippen LogP contribution in [0.5, 0.6) is 0 Å². The third kappa shape index (κ3) is 6.33. The predicted octanol–water partition coefficient (Wildman–Crippen LogP) is 12.1. The molecule has 3 heterocycles. The fourth-order valence-corrected chi connectivity index (χ4v) is 8.05. The number of hydrogen-bond donors (Lipinski definition) is 0. The van der Waals surface area contributed by atoms with Crippen molar-refractivity contribution in [2.75, 3.05) is 0 Å². The van der Waals surface area contributed by atoms with Crippen LogP contribution in [0.3, 0.4) is 0 Å². The monoisotopic (exact) mass is 722 g/mol.